The summed E-state index contributed by atoms with van der Waals surface area (Å²) < 4.78 is 0. The van der Waals surface area contributed by atoms with Gasteiger partial charge in [0, 0.05) is 17.1 Å². The van der Waals surface area contributed by atoms with Crippen molar-refractivity contribution in [2.24, 2.45) is 5.92 Å². The number of aromatic nitrogens is 1. The molecule has 0 aliphatic rings. The Bertz CT molecular complexity index is 772. The van der Waals surface area contributed by atoms with Gasteiger partial charge in [0.1, 0.15) is 0 Å². The van der Waals surface area contributed by atoms with Gasteiger partial charge in [0.15, 0.2) is 0 Å². The Morgan fingerprint density at radius 3 is 2.62 bits per heavy atom. The quantitative estimate of drug-likeness (QED) is 0.623. The summed E-state index contributed by atoms with van der Waals surface area (Å²) in [5, 5.41) is 2.51. The van der Waals surface area contributed by atoms with Crippen molar-refractivity contribution in [3.8, 4) is 11.3 Å². The van der Waals surface area contributed by atoms with Gasteiger partial charge in [-0.1, -0.05) is 55.8 Å². The molecule has 1 aromatic heterocycles. The molecule has 0 amide bonds. The summed E-state index contributed by atoms with van der Waals surface area (Å²) in [4.78, 5) is 4.61. The van der Waals surface area contributed by atoms with E-state index in [-0.39, 0.29) is 0 Å². The molecular weight excluding hydrogens is 254 g/mol. The number of hydrogen-bond acceptors (Lipinski definition) is 1. The highest BCUT2D eigenvalue weighted by atomic mass is 14.7. The molecule has 0 radical (unpaired) electrons. The monoisotopic (exact) mass is 275 g/mol. The molecule has 3 aromatic rings. The van der Waals surface area contributed by atoms with Crippen molar-refractivity contribution in [3.05, 3.63) is 65.9 Å². The van der Waals surface area contributed by atoms with Gasteiger partial charge < -0.3 is 0 Å². The van der Waals surface area contributed by atoms with Crippen molar-refractivity contribution in [1.29, 1.82) is 0 Å². The number of pyridine rings is 1. The Morgan fingerprint density at radius 1 is 1.00 bits per heavy atom. The lowest BCUT2D eigenvalue weighted by molar-refractivity contribution is 0.648. The molecule has 0 saturated heterocycles. The van der Waals surface area contributed by atoms with Gasteiger partial charge >= 0.3 is 0 Å². The van der Waals surface area contributed by atoms with E-state index in [9.17, 15) is 0 Å². The zero-order chi connectivity index (χ0) is 14.8. The molecule has 21 heavy (non-hydrogen) atoms. The molecule has 0 bridgehead atoms. The fourth-order valence-electron chi connectivity index (χ4n) is 2.85. The minimum Gasteiger partial charge on any atom is -0.256 e. The maximum Gasteiger partial charge on any atom is 0.0780 e. The smallest absolute Gasteiger partial charge is 0.0780 e. The fraction of sp³-hybridized carbons (Fsp3) is 0.250. The number of hydrogen-bond donors (Lipinski definition) is 0. The summed E-state index contributed by atoms with van der Waals surface area (Å²) in [5.41, 5.74) is 4.94. The van der Waals surface area contributed by atoms with Crippen molar-refractivity contribution in [3.63, 3.8) is 0 Å². The van der Waals surface area contributed by atoms with Gasteiger partial charge in [-0.05, 0) is 42.3 Å². The summed E-state index contributed by atoms with van der Waals surface area (Å²) >= 11 is 0. The van der Waals surface area contributed by atoms with Gasteiger partial charge in [0.2, 0.25) is 0 Å². The maximum atomic E-state index is 4.61. The zero-order valence-corrected chi connectivity index (χ0v) is 12.9. The van der Waals surface area contributed by atoms with E-state index in [1.807, 2.05) is 6.20 Å². The summed E-state index contributed by atoms with van der Waals surface area (Å²) in [6, 6.07) is 17.4. The van der Waals surface area contributed by atoms with Crippen molar-refractivity contribution < 1.29 is 0 Å². The van der Waals surface area contributed by atoms with Gasteiger partial charge in [-0.25, -0.2) is 0 Å². The van der Waals surface area contributed by atoms with E-state index in [0.717, 1.165) is 12.1 Å². The molecule has 1 heterocycles. The minimum absolute atomic E-state index is 0.681. The van der Waals surface area contributed by atoms with Crippen LogP contribution in [0.4, 0.5) is 0 Å². The number of aryl methyl sites for hydroxylation is 1. The number of nitrogens with zero attached hydrogens (tertiary/aromatic N) is 1. The van der Waals surface area contributed by atoms with Crippen LogP contribution in [0.25, 0.3) is 22.0 Å². The molecule has 0 spiro atoms. The third kappa shape index (κ3) is 2.97. The van der Waals surface area contributed by atoms with Crippen LogP contribution in [0, 0.1) is 12.8 Å². The van der Waals surface area contributed by atoms with Gasteiger partial charge in [0.05, 0.1) is 5.69 Å². The van der Waals surface area contributed by atoms with Crippen LogP contribution < -0.4 is 0 Å². The highest BCUT2D eigenvalue weighted by Crippen LogP contribution is 2.28. The fourth-order valence-corrected chi connectivity index (χ4v) is 2.85. The Balaban J connectivity index is 2.12. The van der Waals surface area contributed by atoms with Crippen LogP contribution in [-0.4, -0.2) is 4.98 Å². The molecular formula is C20H21N. The largest absolute Gasteiger partial charge is 0.256 e. The normalized spacial score (nSPS) is 11.2. The Morgan fingerprint density at radius 2 is 1.86 bits per heavy atom. The SMILES string of the molecule is Cc1cccc(-c2nccc3cc(CC(C)C)ccc23)c1. The van der Waals surface area contributed by atoms with Gasteiger partial charge in [0.25, 0.3) is 0 Å². The minimum atomic E-state index is 0.681. The first-order chi connectivity index (χ1) is 10.1. The third-order valence-corrected chi connectivity index (χ3v) is 3.76. The second kappa shape index (κ2) is 5.69. The predicted octanol–water partition coefficient (Wildman–Crippen LogP) is 5.41. The Kier molecular flexibility index (Phi) is 3.74. The number of rotatable bonds is 3. The van der Waals surface area contributed by atoms with Crippen LogP contribution >= 0.6 is 0 Å². The Labute approximate surface area is 126 Å². The lowest BCUT2D eigenvalue weighted by Crippen LogP contribution is -1.94. The van der Waals surface area contributed by atoms with E-state index >= 15 is 0 Å². The Hall–Kier alpha value is -2.15. The molecule has 106 valence electrons. The molecule has 0 aliphatic carbocycles. The van der Waals surface area contributed by atoms with Crippen LogP contribution in [0.2, 0.25) is 0 Å². The predicted molar refractivity (Wildman–Crippen MR) is 90.5 cm³/mol. The molecule has 1 nitrogen and oxygen atoms in total. The molecule has 0 N–H and O–H groups in total. The highest BCUT2D eigenvalue weighted by molar-refractivity contribution is 5.94. The molecule has 0 unspecified atom stereocenters. The van der Waals surface area contributed by atoms with E-state index in [1.54, 1.807) is 0 Å². The van der Waals surface area contributed by atoms with E-state index in [2.05, 4.69) is 74.3 Å². The summed E-state index contributed by atoms with van der Waals surface area (Å²) in [6.07, 6.45) is 3.04. The van der Waals surface area contributed by atoms with Crippen LogP contribution in [-0.2, 0) is 6.42 Å². The topological polar surface area (TPSA) is 12.9 Å². The zero-order valence-electron chi connectivity index (χ0n) is 12.9. The lowest BCUT2D eigenvalue weighted by Gasteiger charge is -2.10. The summed E-state index contributed by atoms with van der Waals surface area (Å²) in [7, 11) is 0. The highest BCUT2D eigenvalue weighted by Gasteiger charge is 2.07. The standard InChI is InChI=1S/C20H21N/c1-14(2)11-16-7-8-19-17(13-16)9-10-21-20(19)18-6-4-5-15(3)12-18/h4-10,12-14H,11H2,1-3H3. The lowest BCUT2D eigenvalue weighted by atomic mass is 9.97. The van der Waals surface area contributed by atoms with Gasteiger partial charge in [-0.3, -0.25) is 4.98 Å². The third-order valence-electron chi connectivity index (χ3n) is 3.76. The molecule has 1 heteroatoms. The second-order valence-electron chi connectivity index (χ2n) is 6.18. The van der Waals surface area contributed by atoms with Crippen LogP contribution in [0.15, 0.2) is 54.7 Å². The molecule has 0 fully saturated rings. The average molecular weight is 275 g/mol. The molecule has 2 aromatic carbocycles. The van der Waals surface area contributed by atoms with E-state index < -0.39 is 0 Å². The number of benzene rings is 2. The second-order valence-corrected chi connectivity index (χ2v) is 6.18. The first-order valence-electron chi connectivity index (χ1n) is 7.58. The first kappa shape index (κ1) is 13.8. The first-order valence-corrected chi connectivity index (χ1v) is 7.58. The van der Waals surface area contributed by atoms with E-state index in [1.165, 1.54) is 27.5 Å². The van der Waals surface area contributed by atoms with Crippen molar-refractivity contribution >= 4 is 10.8 Å². The van der Waals surface area contributed by atoms with E-state index in [4.69, 9.17) is 0 Å². The number of fused-ring (bicyclic) bond motifs is 1. The van der Waals surface area contributed by atoms with Crippen LogP contribution in [0.5, 0.6) is 0 Å². The van der Waals surface area contributed by atoms with E-state index in [0.29, 0.717) is 5.92 Å². The molecule has 0 atom stereocenters. The van der Waals surface area contributed by atoms with Gasteiger partial charge in [-0.15, -0.1) is 0 Å². The van der Waals surface area contributed by atoms with Crippen molar-refractivity contribution in [1.82, 2.24) is 4.98 Å². The molecule has 3 rings (SSSR count). The van der Waals surface area contributed by atoms with Crippen molar-refractivity contribution in [2.45, 2.75) is 27.2 Å². The molecule has 0 saturated carbocycles. The van der Waals surface area contributed by atoms with Gasteiger partial charge in [-0.2, -0.15) is 0 Å². The average Bonchev–Trinajstić information content (AvgIpc) is 2.45. The van der Waals surface area contributed by atoms with Crippen LogP contribution in [0.1, 0.15) is 25.0 Å². The molecule has 0 aliphatic heterocycles. The summed E-state index contributed by atoms with van der Waals surface area (Å²) in [5.74, 6) is 0.681. The maximum absolute atomic E-state index is 4.61. The van der Waals surface area contributed by atoms with Crippen molar-refractivity contribution in [2.75, 3.05) is 0 Å². The van der Waals surface area contributed by atoms with Crippen LogP contribution in [0.3, 0.4) is 0 Å². The summed E-state index contributed by atoms with van der Waals surface area (Å²) in [6.45, 7) is 6.64.